The van der Waals surface area contributed by atoms with Crippen LogP contribution in [0.3, 0.4) is 0 Å². The predicted molar refractivity (Wildman–Crippen MR) is 49.4 cm³/mol. The first-order valence-electron chi connectivity index (χ1n) is 3.64. The molecule has 0 fully saturated rings. The van der Waals surface area contributed by atoms with Crippen LogP contribution in [-0.2, 0) is 0 Å². The predicted octanol–water partition coefficient (Wildman–Crippen LogP) is 1.13. The van der Waals surface area contributed by atoms with Crippen molar-refractivity contribution >= 4 is 15.9 Å². The number of tetrazole rings is 1. The maximum atomic E-state index is 4.16. The Morgan fingerprint density at radius 1 is 1.38 bits per heavy atom. The second kappa shape index (κ2) is 3.21. The van der Waals surface area contributed by atoms with E-state index in [-0.39, 0.29) is 0 Å². The lowest BCUT2D eigenvalue weighted by Crippen LogP contribution is -2.01. The summed E-state index contributed by atoms with van der Waals surface area (Å²) in [5.41, 5.74) is 0. The molecule has 0 spiro atoms. The minimum Gasteiger partial charge on any atom is -0.236 e. The molecule has 0 saturated heterocycles. The van der Waals surface area contributed by atoms with E-state index < -0.39 is 0 Å². The highest BCUT2D eigenvalue weighted by Crippen LogP contribution is 2.09. The number of nitrogens with zero attached hydrogens (tertiary/aromatic N) is 5. The summed E-state index contributed by atoms with van der Waals surface area (Å²) in [5.74, 6) is 1.43. The molecule has 5 nitrogen and oxygen atoms in total. The van der Waals surface area contributed by atoms with Crippen molar-refractivity contribution in [2.45, 2.75) is 6.92 Å². The van der Waals surface area contributed by atoms with Crippen LogP contribution in [0.4, 0.5) is 0 Å². The van der Waals surface area contributed by atoms with E-state index in [1.165, 1.54) is 0 Å². The van der Waals surface area contributed by atoms with E-state index in [0.717, 1.165) is 10.3 Å². The fourth-order valence-corrected chi connectivity index (χ4v) is 1.17. The van der Waals surface area contributed by atoms with Gasteiger partial charge in [-0.1, -0.05) is 0 Å². The van der Waals surface area contributed by atoms with Crippen LogP contribution in [-0.4, -0.2) is 25.2 Å². The van der Waals surface area contributed by atoms with Gasteiger partial charge in [-0.3, -0.25) is 0 Å². The molecule has 2 rings (SSSR count). The Balaban J connectivity index is 2.47. The van der Waals surface area contributed by atoms with Crippen molar-refractivity contribution < 1.29 is 0 Å². The van der Waals surface area contributed by atoms with E-state index in [0.29, 0.717) is 5.82 Å². The van der Waals surface area contributed by atoms with Gasteiger partial charge in [-0.2, -0.15) is 4.68 Å². The lowest BCUT2D eigenvalue weighted by atomic mass is 10.4. The van der Waals surface area contributed by atoms with E-state index in [4.69, 9.17) is 0 Å². The van der Waals surface area contributed by atoms with Gasteiger partial charge in [-0.25, -0.2) is 4.98 Å². The number of hydrogen-bond donors (Lipinski definition) is 0. The summed E-state index contributed by atoms with van der Waals surface area (Å²) in [6.45, 7) is 1.82. The van der Waals surface area contributed by atoms with Crippen LogP contribution in [0.25, 0.3) is 5.82 Å². The van der Waals surface area contributed by atoms with Crippen molar-refractivity contribution in [2.24, 2.45) is 0 Å². The summed E-state index contributed by atoms with van der Waals surface area (Å²) < 4.78 is 2.51. The van der Waals surface area contributed by atoms with Gasteiger partial charge in [0.1, 0.15) is 0 Å². The highest BCUT2D eigenvalue weighted by molar-refractivity contribution is 9.10. The van der Waals surface area contributed by atoms with Gasteiger partial charge in [0.05, 0.1) is 0 Å². The minimum absolute atomic E-state index is 0.714. The van der Waals surface area contributed by atoms with Gasteiger partial charge in [0.25, 0.3) is 0 Å². The number of rotatable bonds is 1. The molecule has 0 atom stereocenters. The SMILES string of the molecule is Cc1nnnn1-c1ccc(Br)cn1. The molecule has 13 heavy (non-hydrogen) atoms. The highest BCUT2D eigenvalue weighted by atomic mass is 79.9. The van der Waals surface area contributed by atoms with Gasteiger partial charge in [0.15, 0.2) is 11.6 Å². The Labute approximate surface area is 82.9 Å². The van der Waals surface area contributed by atoms with Crippen LogP contribution in [0.2, 0.25) is 0 Å². The van der Waals surface area contributed by atoms with Gasteiger partial charge in [-0.15, -0.1) is 5.10 Å². The molecular weight excluding hydrogens is 234 g/mol. The van der Waals surface area contributed by atoms with Gasteiger partial charge < -0.3 is 0 Å². The van der Waals surface area contributed by atoms with E-state index in [9.17, 15) is 0 Å². The molecule has 0 radical (unpaired) electrons. The molecule has 66 valence electrons. The minimum atomic E-state index is 0.714. The van der Waals surface area contributed by atoms with Crippen LogP contribution in [0.5, 0.6) is 0 Å². The summed E-state index contributed by atoms with van der Waals surface area (Å²) in [7, 11) is 0. The number of halogens is 1. The average Bonchev–Trinajstić information content (AvgIpc) is 2.53. The maximum absolute atomic E-state index is 4.16. The molecule has 0 bridgehead atoms. The van der Waals surface area contributed by atoms with Crippen molar-refractivity contribution in [3.63, 3.8) is 0 Å². The number of aryl methyl sites for hydroxylation is 1. The normalized spacial score (nSPS) is 10.3. The van der Waals surface area contributed by atoms with Gasteiger partial charge in [0.2, 0.25) is 0 Å². The third-order valence-corrected chi connectivity index (χ3v) is 2.02. The number of hydrogen-bond acceptors (Lipinski definition) is 4. The number of aromatic nitrogens is 5. The largest absolute Gasteiger partial charge is 0.236 e. The summed E-state index contributed by atoms with van der Waals surface area (Å²) in [5, 5.41) is 11.1. The first-order valence-corrected chi connectivity index (χ1v) is 4.43. The Hall–Kier alpha value is -1.30. The quantitative estimate of drug-likeness (QED) is 0.749. The van der Waals surface area contributed by atoms with Gasteiger partial charge in [-0.05, 0) is 45.4 Å². The lowest BCUT2D eigenvalue weighted by molar-refractivity contribution is 0.760. The molecule has 2 heterocycles. The van der Waals surface area contributed by atoms with E-state index in [1.54, 1.807) is 10.9 Å². The molecule has 0 aliphatic heterocycles. The molecule has 0 saturated carbocycles. The van der Waals surface area contributed by atoms with Gasteiger partial charge >= 0.3 is 0 Å². The van der Waals surface area contributed by atoms with Crippen molar-refractivity contribution in [3.8, 4) is 5.82 Å². The molecule has 0 amide bonds. The summed E-state index contributed by atoms with van der Waals surface area (Å²) in [6, 6.07) is 3.73. The molecule has 0 N–H and O–H groups in total. The second-order valence-electron chi connectivity index (χ2n) is 2.47. The molecule has 0 aliphatic carbocycles. The molecule has 0 aromatic carbocycles. The standard InChI is InChI=1S/C7H6BrN5/c1-5-10-11-12-13(5)7-3-2-6(8)4-9-7/h2-4H,1H3. The van der Waals surface area contributed by atoms with Crippen LogP contribution in [0.1, 0.15) is 5.82 Å². The summed E-state index contributed by atoms with van der Waals surface area (Å²) in [4.78, 5) is 4.16. The number of pyridine rings is 1. The molecule has 6 heteroatoms. The topological polar surface area (TPSA) is 56.5 Å². The zero-order valence-corrected chi connectivity index (χ0v) is 8.43. The third kappa shape index (κ3) is 1.57. The van der Waals surface area contributed by atoms with Crippen molar-refractivity contribution in [1.82, 2.24) is 25.2 Å². The van der Waals surface area contributed by atoms with E-state index >= 15 is 0 Å². The van der Waals surface area contributed by atoms with Crippen LogP contribution in [0.15, 0.2) is 22.8 Å². The molecular formula is C7H6BrN5. The zero-order valence-electron chi connectivity index (χ0n) is 6.85. The monoisotopic (exact) mass is 239 g/mol. The first-order chi connectivity index (χ1) is 6.27. The zero-order chi connectivity index (χ0) is 9.26. The molecule has 0 aliphatic rings. The Kier molecular flexibility index (Phi) is 2.05. The van der Waals surface area contributed by atoms with Crippen molar-refractivity contribution in [2.75, 3.05) is 0 Å². The van der Waals surface area contributed by atoms with E-state index in [1.807, 2.05) is 19.1 Å². The highest BCUT2D eigenvalue weighted by Gasteiger charge is 2.03. The van der Waals surface area contributed by atoms with Crippen molar-refractivity contribution in [3.05, 3.63) is 28.6 Å². The lowest BCUT2D eigenvalue weighted by Gasteiger charge is -1.98. The third-order valence-electron chi connectivity index (χ3n) is 1.55. The Morgan fingerprint density at radius 2 is 2.23 bits per heavy atom. The smallest absolute Gasteiger partial charge is 0.157 e. The summed E-state index contributed by atoms with van der Waals surface area (Å²) >= 11 is 3.30. The van der Waals surface area contributed by atoms with E-state index in [2.05, 4.69) is 36.4 Å². The molecule has 0 unspecified atom stereocenters. The molecule has 2 aromatic heterocycles. The first kappa shape index (κ1) is 8.31. The van der Waals surface area contributed by atoms with Crippen molar-refractivity contribution in [1.29, 1.82) is 0 Å². The van der Waals surface area contributed by atoms with Crippen LogP contribution >= 0.6 is 15.9 Å². The maximum Gasteiger partial charge on any atom is 0.157 e. The Morgan fingerprint density at radius 3 is 2.77 bits per heavy atom. The fraction of sp³-hybridized carbons (Fsp3) is 0.143. The molecule has 2 aromatic rings. The Bertz CT molecular complexity index is 407. The van der Waals surface area contributed by atoms with Gasteiger partial charge in [0, 0.05) is 10.7 Å². The van der Waals surface area contributed by atoms with Crippen LogP contribution in [0, 0.1) is 6.92 Å². The fourth-order valence-electron chi connectivity index (χ4n) is 0.937. The second-order valence-corrected chi connectivity index (χ2v) is 3.39. The summed E-state index contributed by atoms with van der Waals surface area (Å²) in [6.07, 6.45) is 1.70. The average molecular weight is 240 g/mol. The van der Waals surface area contributed by atoms with Crippen LogP contribution < -0.4 is 0 Å².